The Hall–Kier alpha value is -1.06. The van der Waals surface area contributed by atoms with E-state index < -0.39 is 0 Å². The van der Waals surface area contributed by atoms with Crippen molar-refractivity contribution in [3.63, 3.8) is 0 Å². The molecular formula is C10H10O3. The summed E-state index contributed by atoms with van der Waals surface area (Å²) >= 11 is 0. The summed E-state index contributed by atoms with van der Waals surface area (Å²) in [6.45, 7) is 1.23. The van der Waals surface area contributed by atoms with E-state index in [0.29, 0.717) is 13.2 Å². The lowest BCUT2D eigenvalue weighted by molar-refractivity contribution is -0.0579. The summed E-state index contributed by atoms with van der Waals surface area (Å²) in [6, 6.07) is 7.85. The maximum Gasteiger partial charge on any atom is 0.188 e. The van der Waals surface area contributed by atoms with Crippen LogP contribution in [0.4, 0.5) is 0 Å². The minimum Gasteiger partial charge on any atom is -0.490 e. The van der Waals surface area contributed by atoms with E-state index in [2.05, 4.69) is 0 Å². The maximum absolute atomic E-state index is 5.60. The van der Waals surface area contributed by atoms with E-state index in [1.807, 2.05) is 24.3 Å². The fourth-order valence-electron chi connectivity index (χ4n) is 1.69. The van der Waals surface area contributed by atoms with Gasteiger partial charge in [0.1, 0.15) is 18.5 Å². The summed E-state index contributed by atoms with van der Waals surface area (Å²) < 4.78 is 16.7. The van der Waals surface area contributed by atoms with Crippen LogP contribution in [0.25, 0.3) is 0 Å². The smallest absolute Gasteiger partial charge is 0.188 e. The molecule has 0 amide bonds. The van der Waals surface area contributed by atoms with Gasteiger partial charge in [0.15, 0.2) is 6.29 Å². The second kappa shape index (κ2) is 2.72. The Morgan fingerprint density at radius 2 is 2.08 bits per heavy atom. The van der Waals surface area contributed by atoms with Gasteiger partial charge in [-0.25, -0.2) is 0 Å². The Morgan fingerprint density at radius 1 is 1.15 bits per heavy atom. The second-order valence-electron chi connectivity index (χ2n) is 3.27. The molecule has 0 aromatic heterocycles. The van der Waals surface area contributed by atoms with Crippen molar-refractivity contribution < 1.29 is 14.2 Å². The van der Waals surface area contributed by atoms with Crippen molar-refractivity contribution in [2.75, 3.05) is 13.2 Å². The molecule has 0 unspecified atom stereocenters. The van der Waals surface area contributed by atoms with Crippen LogP contribution in [0.3, 0.4) is 0 Å². The Bertz CT molecular complexity index is 324. The predicted octanol–water partition coefficient (Wildman–Crippen LogP) is 1.49. The lowest BCUT2D eigenvalue weighted by atomic mass is 10.2. The van der Waals surface area contributed by atoms with E-state index in [9.17, 15) is 0 Å². The molecule has 2 aliphatic heterocycles. The van der Waals surface area contributed by atoms with Gasteiger partial charge in [0.25, 0.3) is 0 Å². The number of ether oxygens (including phenoxy) is 3. The van der Waals surface area contributed by atoms with Crippen LogP contribution >= 0.6 is 0 Å². The molecule has 3 nitrogen and oxygen atoms in total. The molecule has 3 rings (SSSR count). The van der Waals surface area contributed by atoms with Gasteiger partial charge in [-0.05, 0) is 6.07 Å². The van der Waals surface area contributed by atoms with Crippen molar-refractivity contribution in [1.29, 1.82) is 0 Å². The first kappa shape index (κ1) is 7.35. The number of benzene rings is 1. The monoisotopic (exact) mass is 178 g/mol. The first-order valence-electron chi connectivity index (χ1n) is 4.42. The molecular weight excluding hydrogens is 168 g/mol. The first-order chi connectivity index (χ1) is 6.43. The third-order valence-corrected chi connectivity index (χ3v) is 2.35. The molecule has 0 radical (unpaired) electrons. The third-order valence-electron chi connectivity index (χ3n) is 2.35. The molecule has 3 heteroatoms. The molecule has 1 aromatic rings. The number of hydrogen-bond acceptors (Lipinski definition) is 3. The van der Waals surface area contributed by atoms with Crippen molar-refractivity contribution >= 4 is 0 Å². The van der Waals surface area contributed by atoms with Crippen LogP contribution in [0, 0.1) is 0 Å². The average molecular weight is 178 g/mol. The molecule has 68 valence electrons. The lowest BCUT2D eigenvalue weighted by Crippen LogP contribution is -2.18. The highest BCUT2D eigenvalue weighted by atomic mass is 16.7. The Kier molecular flexibility index (Phi) is 1.54. The van der Waals surface area contributed by atoms with E-state index in [-0.39, 0.29) is 12.4 Å². The fourth-order valence-corrected chi connectivity index (χ4v) is 1.69. The van der Waals surface area contributed by atoms with E-state index in [1.54, 1.807) is 0 Å². The molecule has 0 N–H and O–H groups in total. The van der Waals surface area contributed by atoms with Crippen LogP contribution < -0.4 is 4.74 Å². The highest BCUT2D eigenvalue weighted by molar-refractivity contribution is 5.35. The zero-order valence-corrected chi connectivity index (χ0v) is 7.10. The van der Waals surface area contributed by atoms with Crippen molar-refractivity contribution in [3.05, 3.63) is 29.8 Å². The Morgan fingerprint density at radius 3 is 3.08 bits per heavy atom. The van der Waals surface area contributed by atoms with Crippen LogP contribution in [-0.4, -0.2) is 19.3 Å². The van der Waals surface area contributed by atoms with Crippen LogP contribution in [0.1, 0.15) is 11.9 Å². The molecule has 2 atom stereocenters. The molecule has 2 heterocycles. The third kappa shape index (κ3) is 1.12. The topological polar surface area (TPSA) is 27.7 Å². The molecule has 1 saturated heterocycles. The van der Waals surface area contributed by atoms with E-state index in [4.69, 9.17) is 14.2 Å². The largest absolute Gasteiger partial charge is 0.490 e. The molecule has 0 aliphatic carbocycles. The van der Waals surface area contributed by atoms with Gasteiger partial charge in [-0.15, -0.1) is 0 Å². The fraction of sp³-hybridized carbons (Fsp3) is 0.400. The normalized spacial score (nSPS) is 30.5. The highest BCUT2D eigenvalue weighted by Crippen LogP contribution is 2.36. The zero-order valence-electron chi connectivity index (χ0n) is 7.10. The molecule has 0 spiro atoms. The van der Waals surface area contributed by atoms with E-state index in [1.165, 1.54) is 0 Å². The molecule has 2 aliphatic rings. The van der Waals surface area contributed by atoms with Crippen LogP contribution in [0.5, 0.6) is 5.75 Å². The summed E-state index contributed by atoms with van der Waals surface area (Å²) in [4.78, 5) is 0. The zero-order chi connectivity index (χ0) is 8.67. The van der Waals surface area contributed by atoms with Crippen molar-refractivity contribution in [2.24, 2.45) is 0 Å². The summed E-state index contributed by atoms with van der Waals surface area (Å²) in [5.74, 6) is 0.884. The van der Waals surface area contributed by atoms with E-state index in [0.717, 1.165) is 11.3 Å². The number of hydrogen-bond donors (Lipinski definition) is 0. The van der Waals surface area contributed by atoms with Gasteiger partial charge < -0.3 is 14.2 Å². The standard InChI is InChI=1S/C10H10O3/c1-2-4-9-8(3-1)10-12-6-7(13-10)5-11-9/h1-4,7,10H,5-6H2/t7-,10+/m0/s1. The van der Waals surface area contributed by atoms with Gasteiger partial charge in [0, 0.05) is 5.56 Å². The molecule has 1 aromatic carbocycles. The summed E-state index contributed by atoms with van der Waals surface area (Å²) in [6.07, 6.45) is -0.124. The summed E-state index contributed by atoms with van der Waals surface area (Å²) in [5, 5.41) is 0. The Balaban J connectivity index is 2.07. The Labute approximate surface area is 76.2 Å². The van der Waals surface area contributed by atoms with Gasteiger partial charge in [0.2, 0.25) is 0 Å². The van der Waals surface area contributed by atoms with Gasteiger partial charge in [-0.2, -0.15) is 0 Å². The van der Waals surface area contributed by atoms with Crippen LogP contribution in [0.2, 0.25) is 0 Å². The second-order valence-corrected chi connectivity index (χ2v) is 3.27. The van der Waals surface area contributed by atoms with Gasteiger partial charge in [-0.3, -0.25) is 0 Å². The maximum atomic E-state index is 5.60. The molecule has 2 bridgehead atoms. The first-order valence-corrected chi connectivity index (χ1v) is 4.42. The van der Waals surface area contributed by atoms with Crippen molar-refractivity contribution in [3.8, 4) is 5.75 Å². The van der Waals surface area contributed by atoms with Gasteiger partial charge >= 0.3 is 0 Å². The number of para-hydroxylation sites is 1. The molecule has 0 saturated carbocycles. The lowest BCUT2D eigenvalue weighted by Gasteiger charge is -2.12. The summed E-state index contributed by atoms with van der Waals surface area (Å²) in [7, 11) is 0. The average Bonchev–Trinajstić information content (AvgIpc) is 2.54. The SMILES string of the molecule is c1ccc2c(c1)OC[C@H]1CO[C@@H]2O1. The number of rotatable bonds is 0. The quantitative estimate of drug-likeness (QED) is 0.602. The molecule has 1 fully saturated rings. The van der Waals surface area contributed by atoms with Gasteiger partial charge in [-0.1, -0.05) is 18.2 Å². The minimum absolute atomic E-state index is 0.0948. The number of fused-ring (bicyclic) bond motifs is 4. The predicted molar refractivity (Wildman–Crippen MR) is 45.5 cm³/mol. The van der Waals surface area contributed by atoms with E-state index >= 15 is 0 Å². The minimum atomic E-state index is -0.219. The van der Waals surface area contributed by atoms with Crippen molar-refractivity contribution in [1.82, 2.24) is 0 Å². The summed E-state index contributed by atoms with van der Waals surface area (Å²) in [5.41, 5.74) is 1.00. The van der Waals surface area contributed by atoms with Gasteiger partial charge in [0.05, 0.1) is 6.61 Å². The van der Waals surface area contributed by atoms with Crippen LogP contribution in [0.15, 0.2) is 24.3 Å². The van der Waals surface area contributed by atoms with Crippen molar-refractivity contribution in [2.45, 2.75) is 12.4 Å². The van der Waals surface area contributed by atoms with Crippen LogP contribution in [-0.2, 0) is 9.47 Å². The molecule has 13 heavy (non-hydrogen) atoms. The highest BCUT2D eigenvalue weighted by Gasteiger charge is 2.32.